The Morgan fingerprint density at radius 1 is 0.402 bits per heavy atom. The van der Waals surface area contributed by atoms with Crippen LogP contribution in [-0.2, 0) is 90.7 Å². The summed E-state index contributed by atoms with van der Waals surface area (Å²) in [6.45, 7) is 0.298. The number of aliphatic hydroxyl groups excluding tert-OH is 12. The van der Waals surface area contributed by atoms with Gasteiger partial charge in [-0.05, 0) is 53.4 Å². The smallest absolute Gasteiger partial charge is 0.333 e. The summed E-state index contributed by atoms with van der Waals surface area (Å²) in [5.74, 6) is -11.6. The van der Waals surface area contributed by atoms with Crippen LogP contribution in [0.1, 0.15) is 79.1 Å². The molecule has 40 nitrogen and oxygen atoms in total. The highest BCUT2D eigenvalue weighted by molar-refractivity contribution is 6.01. The van der Waals surface area contributed by atoms with Crippen molar-refractivity contribution >= 4 is 59.1 Å². The number of carbonyl (C=O) groups is 10. The molecular formula is C62H101N9O31. The Morgan fingerprint density at radius 2 is 0.706 bits per heavy atom. The number of unbranched alkanes of at least 4 members (excludes halogenated alkanes) is 2. The van der Waals surface area contributed by atoms with Gasteiger partial charge in [-0.1, -0.05) is 6.42 Å². The van der Waals surface area contributed by atoms with E-state index in [0.29, 0.717) is 11.5 Å². The minimum atomic E-state index is -1.65. The summed E-state index contributed by atoms with van der Waals surface area (Å²) in [4.78, 5) is 145. The lowest BCUT2D eigenvalue weighted by atomic mass is 9.87. The average Bonchev–Trinajstić information content (AvgIpc) is 0.879. The van der Waals surface area contributed by atoms with E-state index >= 15 is 0 Å². The highest BCUT2D eigenvalue weighted by Gasteiger charge is 2.47. The number of likely N-dealkylation sites (tertiary alicyclic amines) is 2. The number of rotatable bonds is 33. The summed E-state index contributed by atoms with van der Waals surface area (Å²) >= 11 is 0. The van der Waals surface area contributed by atoms with Crippen LogP contribution < -0.4 is 26.6 Å². The number of aliphatic hydroxyl groups is 12. The molecule has 580 valence electrons. The molecule has 7 aliphatic rings. The molecule has 0 aliphatic carbocycles. The molecule has 7 heterocycles. The van der Waals surface area contributed by atoms with Gasteiger partial charge in [0.05, 0.1) is 94.1 Å². The molecule has 0 spiro atoms. The highest BCUT2D eigenvalue weighted by atomic mass is 16.7. The molecule has 102 heavy (non-hydrogen) atoms. The van der Waals surface area contributed by atoms with Crippen LogP contribution >= 0.6 is 0 Å². The molecule has 7 rings (SSSR count). The average molecular weight is 1470 g/mol. The Hall–Kier alpha value is -5.94. The van der Waals surface area contributed by atoms with Gasteiger partial charge in [-0.2, -0.15) is 0 Å². The van der Waals surface area contributed by atoms with Crippen LogP contribution in [0.15, 0.2) is 0 Å². The third kappa shape index (κ3) is 23.0. The van der Waals surface area contributed by atoms with E-state index in [1.165, 1.54) is 37.5 Å². The van der Waals surface area contributed by atoms with Gasteiger partial charge in [0, 0.05) is 78.2 Å². The maximum absolute atomic E-state index is 14.8. The number of hydrogen-bond donors (Lipinski definition) is 17. The first-order chi connectivity index (χ1) is 48.3. The summed E-state index contributed by atoms with van der Waals surface area (Å²) in [7, 11) is 0. The highest BCUT2D eigenvalue weighted by Crippen LogP contribution is 2.29. The first-order valence-electron chi connectivity index (χ1n) is 34.3. The second-order valence-corrected chi connectivity index (χ2v) is 26.6. The topological polar surface area (TPSA) is 570 Å². The summed E-state index contributed by atoms with van der Waals surface area (Å²) < 4.78 is 44.2. The number of nitrogens with zero attached hydrogens (tertiary/aromatic N) is 4. The number of amides is 9. The van der Waals surface area contributed by atoms with Gasteiger partial charge in [-0.3, -0.25) is 48.1 Å². The number of imide groups is 1. The van der Waals surface area contributed by atoms with Gasteiger partial charge in [0.15, 0.2) is 25.2 Å². The molecule has 0 aromatic heterocycles. The van der Waals surface area contributed by atoms with Crippen LogP contribution in [0.2, 0.25) is 0 Å². The van der Waals surface area contributed by atoms with E-state index in [9.17, 15) is 109 Å². The van der Waals surface area contributed by atoms with E-state index in [4.69, 9.17) is 42.7 Å². The maximum atomic E-state index is 14.8. The summed E-state index contributed by atoms with van der Waals surface area (Å²) in [5, 5.41) is 137. The first-order valence-corrected chi connectivity index (χ1v) is 34.3. The van der Waals surface area contributed by atoms with Crippen LogP contribution in [0.5, 0.6) is 0 Å². The van der Waals surface area contributed by atoms with Crippen molar-refractivity contribution in [1.82, 2.24) is 46.3 Å². The lowest BCUT2D eigenvalue weighted by Crippen LogP contribution is -2.58. The Kier molecular flexibility index (Phi) is 32.2. The molecule has 0 aromatic carbocycles. The number of hydroxylamine groups is 2. The standard InChI is InChI=1S/C62H101N9O31/c1-29-43(78)47(82)51(86)59(98-29)94-16-12-64-55(90)33-20-34(56(91)65-13-17-95-60-52(87)48(83)44(79)30(2)99-60)23-69(22-33)40(75)27-68(26-37(72)63-11-7-5-6-8-42(77)102-71-38(73)9-10-39(71)74)28-41(76)70-24-35(57(92)66-14-18-96-61-53(88)49(84)45(80)31(3)100-61)21-36(25-70)58(93)67-15-19-97-62-54(89)50(85)46(81)32(4)101-62/h29-36,43-54,59-62,78-89H,5-28H2,1-4H3,(H,63,72)(H,64,90)(H,65,91)(H,66,92)(H,67,93)/t29-,30-,31-,32-,33-,34+,35-,36+,43+,44+,45+,46+,47+,48+,49+,50+,51-,52-,53-,54-,59+,60+,61+,62+/m0/s1. The van der Waals surface area contributed by atoms with Gasteiger partial charge in [0.2, 0.25) is 41.4 Å². The molecule has 0 radical (unpaired) electrons. The van der Waals surface area contributed by atoms with Gasteiger partial charge in [-0.15, -0.1) is 5.06 Å². The second-order valence-electron chi connectivity index (χ2n) is 26.6. The third-order valence-corrected chi connectivity index (χ3v) is 18.7. The summed E-state index contributed by atoms with van der Waals surface area (Å²) in [5.41, 5.74) is 0. The van der Waals surface area contributed by atoms with E-state index in [0.717, 1.165) is 4.90 Å². The number of nitrogens with one attached hydrogen (secondary N) is 5. The summed E-state index contributed by atoms with van der Waals surface area (Å²) in [6, 6.07) is 0. The molecule has 0 saturated carbocycles. The molecule has 0 bridgehead atoms. The van der Waals surface area contributed by atoms with Gasteiger partial charge < -0.3 is 140 Å². The fraction of sp³-hybridized carbons (Fsp3) is 0.839. The van der Waals surface area contributed by atoms with Gasteiger partial charge in [-0.25, -0.2) is 4.79 Å². The normalized spacial score (nSPS) is 35.2. The van der Waals surface area contributed by atoms with E-state index in [-0.39, 0.29) is 130 Å². The van der Waals surface area contributed by atoms with Crippen LogP contribution in [0.25, 0.3) is 0 Å². The fourth-order valence-corrected chi connectivity index (χ4v) is 12.6. The first kappa shape index (κ1) is 83.3. The number of ether oxygens (including phenoxy) is 8. The maximum Gasteiger partial charge on any atom is 0.333 e. The number of hydrogen-bond acceptors (Lipinski definition) is 32. The van der Waals surface area contributed by atoms with E-state index in [1.807, 2.05) is 0 Å². The SMILES string of the molecule is C[C@@H]1O[C@@H](OCCNC(=O)[C@@H]2C[C@H](C(=O)NCCO[C@@H]3O[C@@H](C)[C@@H](O)[C@@H](O)[C@@H]3O)CN(C(=O)CN(CC(=O)NCCCCCC(=O)ON3C(=O)CCC3=O)CC(=O)N3C[C@H](C(=O)NCCO[C@@H]4O[C@@H](C)[C@@H](O)[C@@H](O)[C@@H]4O)C[C@H](C(=O)NCCO[C@@H]4O[C@@H](C)[C@@H](O)[C@@H](O)[C@@H]4O)C3)C2)[C@@H](O)[C@H](O)[C@@H]1O. The Morgan fingerprint density at radius 3 is 1.01 bits per heavy atom. The molecule has 24 atom stereocenters. The molecule has 0 aromatic rings. The van der Waals surface area contributed by atoms with Crippen molar-refractivity contribution in [3.8, 4) is 0 Å². The Balaban J connectivity index is 1.06. The molecule has 17 N–H and O–H groups in total. The van der Waals surface area contributed by atoms with Crippen molar-refractivity contribution in [2.75, 3.05) is 105 Å². The monoisotopic (exact) mass is 1470 g/mol. The number of piperidine rings is 2. The second kappa shape index (κ2) is 39.4. The lowest BCUT2D eigenvalue weighted by Gasteiger charge is -2.39. The van der Waals surface area contributed by atoms with Crippen LogP contribution in [0.3, 0.4) is 0 Å². The van der Waals surface area contributed by atoms with Crippen molar-refractivity contribution < 1.29 is 152 Å². The Bertz CT molecular complexity index is 2540. The van der Waals surface area contributed by atoms with E-state index in [2.05, 4.69) is 26.6 Å². The van der Waals surface area contributed by atoms with Crippen molar-refractivity contribution in [2.24, 2.45) is 23.7 Å². The quantitative estimate of drug-likeness (QED) is 0.0214. The minimum Gasteiger partial charge on any atom is -0.388 e. The molecular weight excluding hydrogens is 1370 g/mol. The van der Waals surface area contributed by atoms with E-state index < -0.39 is 225 Å². The molecule has 7 saturated heterocycles. The van der Waals surface area contributed by atoms with Crippen molar-refractivity contribution in [2.45, 2.75) is 202 Å². The summed E-state index contributed by atoms with van der Waals surface area (Å²) in [6.07, 6.45) is -27.9. The van der Waals surface area contributed by atoms with Gasteiger partial charge in [0.1, 0.15) is 73.2 Å². The Labute approximate surface area is 586 Å². The van der Waals surface area contributed by atoms with Crippen LogP contribution in [0, 0.1) is 23.7 Å². The fourth-order valence-electron chi connectivity index (χ4n) is 12.6. The predicted octanol–water partition coefficient (Wildman–Crippen LogP) is -10.7. The zero-order valence-electron chi connectivity index (χ0n) is 57.2. The van der Waals surface area contributed by atoms with E-state index in [1.54, 1.807) is 0 Å². The molecule has 7 fully saturated rings. The van der Waals surface area contributed by atoms with Crippen molar-refractivity contribution in [1.29, 1.82) is 0 Å². The van der Waals surface area contributed by atoms with Crippen molar-refractivity contribution in [3.63, 3.8) is 0 Å². The van der Waals surface area contributed by atoms with Crippen LogP contribution in [0.4, 0.5) is 0 Å². The zero-order chi connectivity index (χ0) is 74.8. The minimum absolute atomic E-state index is 0.00609. The zero-order valence-corrected chi connectivity index (χ0v) is 57.2. The van der Waals surface area contributed by atoms with Gasteiger partial charge in [0.25, 0.3) is 11.8 Å². The molecule has 9 amide bonds. The lowest BCUT2D eigenvalue weighted by molar-refractivity contribution is -0.292. The number of carbonyl (C=O) groups excluding carboxylic acids is 10. The third-order valence-electron chi connectivity index (χ3n) is 18.7. The van der Waals surface area contributed by atoms with Crippen LogP contribution in [-0.4, -0.2) is 368 Å². The van der Waals surface area contributed by atoms with Gasteiger partial charge >= 0.3 is 5.97 Å². The molecule has 7 aliphatic heterocycles. The largest absolute Gasteiger partial charge is 0.388 e. The predicted molar refractivity (Wildman–Crippen MR) is 337 cm³/mol. The molecule has 40 heteroatoms. The molecule has 0 unspecified atom stereocenters. The van der Waals surface area contributed by atoms with Crippen molar-refractivity contribution in [3.05, 3.63) is 0 Å².